The summed E-state index contributed by atoms with van der Waals surface area (Å²) in [5, 5.41) is 5.97. The quantitative estimate of drug-likeness (QED) is 0.936. The van der Waals surface area contributed by atoms with Crippen molar-refractivity contribution in [2.45, 2.75) is 0 Å². The van der Waals surface area contributed by atoms with E-state index < -0.39 is 5.82 Å². The van der Waals surface area contributed by atoms with Crippen LogP contribution in [-0.4, -0.2) is 38.3 Å². The second-order valence-corrected chi connectivity index (χ2v) is 5.86. The van der Waals surface area contributed by atoms with Gasteiger partial charge in [0.15, 0.2) is 5.13 Å². The van der Waals surface area contributed by atoms with Crippen molar-refractivity contribution >= 4 is 33.8 Å². The number of rotatable bonds is 3. The molecule has 2 heterocycles. The Morgan fingerprint density at radius 3 is 2.86 bits per heavy atom. The average Bonchev–Trinajstić information content (AvgIpc) is 3.00. The Bertz CT molecular complexity index is 643. The van der Waals surface area contributed by atoms with E-state index in [1.165, 1.54) is 6.07 Å². The van der Waals surface area contributed by atoms with Crippen LogP contribution in [0.5, 0.6) is 0 Å². The number of anilines is 2. The lowest BCUT2D eigenvalue weighted by Gasteiger charge is -2.26. The van der Waals surface area contributed by atoms with Gasteiger partial charge in [0.25, 0.3) is 0 Å². The lowest BCUT2D eigenvalue weighted by Crippen LogP contribution is -2.36. The van der Waals surface area contributed by atoms with Crippen molar-refractivity contribution in [3.63, 3.8) is 0 Å². The number of hydrogen-bond acceptors (Lipinski definition) is 5. The molecule has 21 heavy (non-hydrogen) atoms. The maximum atomic E-state index is 13.5. The van der Waals surface area contributed by atoms with Gasteiger partial charge in [-0.2, -0.15) is 0 Å². The highest BCUT2D eigenvalue weighted by Crippen LogP contribution is 2.37. The SMILES string of the molecule is CNc1c(-c2csc(N3CCOCC3)n2)ccc(F)c1Cl. The molecule has 3 rings (SSSR count). The van der Waals surface area contributed by atoms with Gasteiger partial charge in [0.2, 0.25) is 0 Å². The number of halogens is 2. The van der Waals surface area contributed by atoms with Crippen LogP contribution < -0.4 is 10.2 Å². The van der Waals surface area contributed by atoms with E-state index in [9.17, 15) is 4.39 Å². The zero-order valence-corrected chi connectivity index (χ0v) is 13.1. The van der Waals surface area contributed by atoms with E-state index >= 15 is 0 Å². The Morgan fingerprint density at radius 1 is 1.38 bits per heavy atom. The largest absolute Gasteiger partial charge is 0.386 e. The summed E-state index contributed by atoms with van der Waals surface area (Å²) in [7, 11) is 1.72. The van der Waals surface area contributed by atoms with E-state index in [4.69, 9.17) is 16.3 Å². The number of hydrogen-bond donors (Lipinski definition) is 1. The van der Waals surface area contributed by atoms with Crippen molar-refractivity contribution in [2.24, 2.45) is 0 Å². The first-order chi connectivity index (χ1) is 10.2. The van der Waals surface area contributed by atoms with E-state index in [1.807, 2.05) is 5.38 Å². The summed E-state index contributed by atoms with van der Waals surface area (Å²) in [6, 6.07) is 3.07. The Morgan fingerprint density at radius 2 is 2.14 bits per heavy atom. The van der Waals surface area contributed by atoms with E-state index in [0.29, 0.717) is 5.69 Å². The summed E-state index contributed by atoms with van der Waals surface area (Å²) in [5.74, 6) is -0.437. The number of nitrogens with zero attached hydrogens (tertiary/aromatic N) is 2. The van der Waals surface area contributed by atoms with Crippen molar-refractivity contribution < 1.29 is 9.13 Å². The summed E-state index contributed by atoms with van der Waals surface area (Å²) < 4.78 is 18.9. The maximum Gasteiger partial charge on any atom is 0.186 e. The smallest absolute Gasteiger partial charge is 0.186 e. The number of ether oxygens (including phenoxy) is 1. The fraction of sp³-hybridized carbons (Fsp3) is 0.357. The number of nitrogens with one attached hydrogen (secondary N) is 1. The van der Waals surface area contributed by atoms with Crippen LogP contribution in [0.15, 0.2) is 17.5 Å². The number of morpholine rings is 1. The van der Waals surface area contributed by atoms with Gasteiger partial charge in [0, 0.05) is 31.1 Å². The van der Waals surface area contributed by atoms with Crippen molar-refractivity contribution in [2.75, 3.05) is 43.6 Å². The number of thiazole rings is 1. The fourth-order valence-electron chi connectivity index (χ4n) is 2.30. The van der Waals surface area contributed by atoms with Gasteiger partial charge in [-0.25, -0.2) is 9.37 Å². The maximum absolute atomic E-state index is 13.5. The molecule has 1 aliphatic rings. The molecular formula is C14H15ClFN3OS. The lowest BCUT2D eigenvalue weighted by atomic mass is 10.1. The zero-order valence-electron chi connectivity index (χ0n) is 11.5. The number of benzene rings is 1. The highest BCUT2D eigenvalue weighted by Gasteiger charge is 2.18. The molecule has 1 aromatic carbocycles. The lowest BCUT2D eigenvalue weighted by molar-refractivity contribution is 0.122. The Hall–Kier alpha value is -1.37. The minimum atomic E-state index is -0.437. The van der Waals surface area contributed by atoms with Gasteiger partial charge in [0.05, 0.1) is 24.6 Å². The van der Waals surface area contributed by atoms with Crippen LogP contribution in [-0.2, 0) is 4.74 Å². The zero-order chi connectivity index (χ0) is 14.8. The molecule has 1 aliphatic heterocycles. The first kappa shape index (κ1) is 14.6. The van der Waals surface area contributed by atoms with Gasteiger partial charge >= 0.3 is 0 Å². The summed E-state index contributed by atoms with van der Waals surface area (Å²) in [5.41, 5.74) is 2.17. The minimum absolute atomic E-state index is 0.0934. The van der Waals surface area contributed by atoms with E-state index in [-0.39, 0.29) is 5.02 Å². The molecule has 0 aliphatic carbocycles. The molecule has 1 N–H and O–H groups in total. The van der Waals surface area contributed by atoms with E-state index in [1.54, 1.807) is 24.5 Å². The molecule has 0 saturated carbocycles. The molecule has 0 bridgehead atoms. The Labute approximate surface area is 131 Å². The van der Waals surface area contributed by atoms with Gasteiger partial charge in [-0.1, -0.05) is 11.6 Å². The van der Waals surface area contributed by atoms with Crippen molar-refractivity contribution in [1.82, 2.24) is 4.98 Å². The first-order valence-corrected chi connectivity index (χ1v) is 7.91. The molecule has 0 amide bonds. The molecule has 0 spiro atoms. The molecule has 1 aromatic heterocycles. The van der Waals surface area contributed by atoms with E-state index in [0.717, 1.165) is 42.7 Å². The van der Waals surface area contributed by atoms with Gasteiger partial charge in [-0.05, 0) is 12.1 Å². The molecule has 0 atom stereocenters. The predicted octanol–water partition coefficient (Wildman–Crippen LogP) is 3.48. The van der Waals surface area contributed by atoms with Gasteiger partial charge < -0.3 is 15.0 Å². The topological polar surface area (TPSA) is 37.4 Å². The van der Waals surface area contributed by atoms with Gasteiger partial charge in [-0.15, -0.1) is 11.3 Å². The second kappa shape index (κ2) is 6.17. The van der Waals surface area contributed by atoms with Crippen LogP contribution in [0.25, 0.3) is 11.3 Å². The molecule has 1 fully saturated rings. The molecule has 7 heteroatoms. The van der Waals surface area contributed by atoms with Crippen molar-refractivity contribution in [3.8, 4) is 11.3 Å². The molecule has 112 valence electrons. The van der Waals surface area contributed by atoms with Crippen LogP contribution in [0, 0.1) is 5.82 Å². The van der Waals surface area contributed by atoms with Crippen molar-refractivity contribution in [1.29, 1.82) is 0 Å². The monoisotopic (exact) mass is 327 g/mol. The fourth-order valence-corrected chi connectivity index (χ4v) is 3.44. The van der Waals surface area contributed by atoms with Crippen LogP contribution in [0.1, 0.15) is 0 Å². The van der Waals surface area contributed by atoms with Crippen molar-refractivity contribution in [3.05, 3.63) is 28.4 Å². The predicted molar refractivity (Wildman–Crippen MR) is 85.1 cm³/mol. The molecule has 0 radical (unpaired) electrons. The van der Waals surface area contributed by atoms with Crippen LogP contribution in [0.2, 0.25) is 5.02 Å². The summed E-state index contributed by atoms with van der Waals surface area (Å²) in [6.45, 7) is 3.13. The highest BCUT2D eigenvalue weighted by atomic mass is 35.5. The molecule has 1 saturated heterocycles. The van der Waals surface area contributed by atoms with Gasteiger partial charge in [-0.3, -0.25) is 0 Å². The third-order valence-electron chi connectivity index (χ3n) is 3.39. The minimum Gasteiger partial charge on any atom is -0.386 e. The first-order valence-electron chi connectivity index (χ1n) is 6.65. The molecule has 4 nitrogen and oxygen atoms in total. The third-order valence-corrected chi connectivity index (χ3v) is 4.67. The summed E-state index contributed by atoms with van der Waals surface area (Å²) >= 11 is 7.59. The third kappa shape index (κ3) is 2.84. The van der Waals surface area contributed by atoms with Crippen LogP contribution >= 0.6 is 22.9 Å². The normalized spacial score (nSPS) is 15.3. The van der Waals surface area contributed by atoms with Crippen LogP contribution in [0.4, 0.5) is 15.2 Å². The molecule has 0 unspecified atom stereocenters. The Kier molecular flexibility index (Phi) is 4.28. The highest BCUT2D eigenvalue weighted by molar-refractivity contribution is 7.14. The van der Waals surface area contributed by atoms with Crippen LogP contribution in [0.3, 0.4) is 0 Å². The summed E-state index contributed by atoms with van der Waals surface area (Å²) in [4.78, 5) is 6.85. The average molecular weight is 328 g/mol. The van der Waals surface area contributed by atoms with Gasteiger partial charge in [0.1, 0.15) is 10.8 Å². The number of aromatic nitrogens is 1. The molecule has 2 aromatic rings. The Balaban J connectivity index is 1.94. The summed E-state index contributed by atoms with van der Waals surface area (Å²) in [6.07, 6.45) is 0. The second-order valence-electron chi connectivity index (χ2n) is 4.65. The standard InChI is InChI=1S/C14H15ClFN3OS/c1-17-13-9(2-3-10(16)12(13)15)11-8-21-14(18-11)19-4-6-20-7-5-19/h2-3,8,17H,4-7H2,1H3. The van der Waals surface area contributed by atoms with E-state index in [2.05, 4.69) is 15.2 Å². The molecular weight excluding hydrogens is 313 g/mol.